The lowest BCUT2D eigenvalue weighted by Crippen LogP contribution is -2.48. The highest BCUT2D eigenvalue weighted by Gasteiger charge is 2.57. The minimum absolute atomic E-state index is 0.0945. The number of rotatable bonds is 5. The van der Waals surface area contributed by atoms with Gasteiger partial charge in [0.25, 0.3) is 0 Å². The van der Waals surface area contributed by atoms with Gasteiger partial charge in [0.05, 0.1) is 20.1 Å². The van der Waals surface area contributed by atoms with Crippen LogP contribution in [0.1, 0.15) is 70.2 Å². The van der Waals surface area contributed by atoms with Crippen LogP contribution in [0.25, 0.3) is 0 Å². The van der Waals surface area contributed by atoms with E-state index in [9.17, 15) is 5.11 Å². The van der Waals surface area contributed by atoms with Crippen LogP contribution in [0.5, 0.6) is 0 Å². The molecule has 4 heteroatoms. The molecule has 1 heterocycles. The molecule has 1 aromatic carbocycles. The van der Waals surface area contributed by atoms with E-state index in [1.807, 2.05) is 27.7 Å². The van der Waals surface area contributed by atoms with Crippen molar-refractivity contribution in [2.45, 2.75) is 98.6 Å². The molecule has 3 nitrogen and oxygen atoms in total. The number of likely N-dealkylation sites (N-methyl/N-ethyl adjacent to an activating group) is 1. The Morgan fingerprint density at radius 1 is 1.07 bits per heavy atom. The van der Waals surface area contributed by atoms with E-state index in [4.69, 9.17) is 4.43 Å². The molecule has 0 aliphatic carbocycles. The lowest BCUT2D eigenvalue weighted by atomic mass is 9.84. The van der Waals surface area contributed by atoms with Crippen molar-refractivity contribution in [3.63, 3.8) is 0 Å². The summed E-state index contributed by atoms with van der Waals surface area (Å²) < 4.78 is 6.88. The fraction of sp³-hybridized carbons (Fsp3) is 0.750. The van der Waals surface area contributed by atoms with E-state index >= 15 is 0 Å². The molecular formula is C24H48NO2Si+. The van der Waals surface area contributed by atoms with Gasteiger partial charge in [-0.05, 0) is 57.6 Å². The van der Waals surface area contributed by atoms with E-state index in [0.717, 1.165) is 10.9 Å². The van der Waals surface area contributed by atoms with E-state index in [2.05, 4.69) is 72.7 Å². The fourth-order valence-corrected chi connectivity index (χ4v) is 4.85. The Morgan fingerprint density at radius 2 is 1.61 bits per heavy atom. The first-order chi connectivity index (χ1) is 12.9. The molecular weight excluding hydrogens is 362 g/mol. The molecule has 2 rings (SSSR count). The average molecular weight is 411 g/mol. The van der Waals surface area contributed by atoms with Gasteiger partial charge >= 0.3 is 0 Å². The van der Waals surface area contributed by atoms with Crippen molar-refractivity contribution in [1.29, 1.82) is 0 Å². The molecule has 164 valence electrons. The summed E-state index contributed by atoms with van der Waals surface area (Å²) in [6.07, 6.45) is 1.54. The minimum Gasteiger partial charge on any atom is -0.418 e. The second-order valence-electron chi connectivity index (χ2n) is 9.24. The first kappa shape index (κ1) is 27.3. The van der Waals surface area contributed by atoms with Crippen LogP contribution in [0.15, 0.2) is 18.2 Å². The standard InChI is InChI=1S/C20H36NO2Si.2C2H6/c1-15-9-10-18(13-16(15)2)19-20(22,11-12-23-24(6,7)8)14-17(3)21(19,4)5;2*1-2/h9-10,13,17,19,22H,11-12,14H2,1-8H3;2*1-2H3/q+1;;. The summed E-state index contributed by atoms with van der Waals surface area (Å²) in [5.41, 5.74) is 3.15. The predicted octanol–water partition coefficient (Wildman–Crippen LogP) is 6.24. The second kappa shape index (κ2) is 10.9. The molecule has 1 aliphatic heterocycles. The summed E-state index contributed by atoms with van der Waals surface area (Å²) in [5.74, 6) is 0. The highest BCUT2D eigenvalue weighted by Crippen LogP contribution is 2.49. The molecule has 3 unspecified atom stereocenters. The smallest absolute Gasteiger partial charge is 0.183 e. The third-order valence-corrected chi connectivity index (χ3v) is 6.95. The van der Waals surface area contributed by atoms with Crippen LogP contribution in [0.4, 0.5) is 0 Å². The third-order valence-electron chi connectivity index (χ3n) is 5.88. The first-order valence-electron chi connectivity index (χ1n) is 11.1. The van der Waals surface area contributed by atoms with Crippen LogP contribution in [-0.4, -0.2) is 50.3 Å². The largest absolute Gasteiger partial charge is 0.418 e. The number of nitrogens with zero attached hydrogens (tertiary/aromatic N) is 1. The van der Waals surface area contributed by atoms with Gasteiger partial charge < -0.3 is 14.0 Å². The molecule has 0 saturated carbocycles. The SMILES string of the molecule is CC.CC.Cc1ccc(C2C(O)(CCO[Si](C)(C)C)CC(C)[N+]2(C)C)cc1C. The van der Waals surface area contributed by atoms with Crippen molar-refractivity contribution >= 4 is 8.32 Å². The van der Waals surface area contributed by atoms with Crippen LogP contribution >= 0.6 is 0 Å². The van der Waals surface area contributed by atoms with E-state index in [1.54, 1.807) is 0 Å². The molecule has 1 N–H and O–H groups in total. The van der Waals surface area contributed by atoms with E-state index in [0.29, 0.717) is 19.1 Å². The van der Waals surface area contributed by atoms with Gasteiger partial charge in [-0.15, -0.1) is 0 Å². The topological polar surface area (TPSA) is 29.5 Å². The van der Waals surface area contributed by atoms with Crippen LogP contribution < -0.4 is 0 Å². The summed E-state index contributed by atoms with van der Waals surface area (Å²) in [7, 11) is 2.95. The van der Waals surface area contributed by atoms with Crippen molar-refractivity contribution in [1.82, 2.24) is 0 Å². The van der Waals surface area contributed by atoms with Crippen molar-refractivity contribution in [3.8, 4) is 0 Å². The van der Waals surface area contributed by atoms with Gasteiger partial charge in [-0.1, -0.05) is 39.8 Å². The number of hydrogen-bond donors (Lipinski definition) is 1. The summed E-state index contributed by atoms with van der Waals surface area (Å²) in [6.45, 7) is 21.8. The van der Waals surface area contributed by atoms with Gasteiger partial charge in [0.15, 0.2) is 8.32 Å². The zero-order valence-corrected chi connectivity index (χ0v) is 21.8. The Labute approximate surface area is 176 Å². The highest BCUT2D eigenvalue weighted by molar-refractivity contribution is 6.69. The lowest BCUT2D eigenvalue weighted by molar-refractivity contribution is -0.932. The maximum atomic E-state index is 11.6. The number of likely N-dealkylation sites (tertiary alicyclic amines) is 1. The van der Waals surface area contributed by atoms with Crippen molar-refractivity contribution in [3.05, 3.63) is 34.9 Å². The minimum atomic E-state index is -1.55. The lowest BCUT2D eigenvalue weighted by Gasteiger charge is -2.40. The van der Waals surface area contributed by atoms with Crippen molar-refractivity contribution in [2.24, 2.45) is 0 Å². The number of hydrogen-bond acceptors (Lipinski definition) is 2. The molecule has 0 amide bonds. The summed E-state index contributed by atoms with van der Waals surface area (Å²) in [5, 5.41) is 11.6. The molecule has 3 atom stereocenters. The van der Waals surface area contributed by atoms with E-state index in [1.165, 1.54) is 16.7 Å². The van der Waals surface area contributed by atoms with Gasteiger partial charge in [0.2, 0.25) is 0 Å². The number of benzene rings is 1. The number of aliphatic hydroxyl groups is 1. The molecule has 1 aliphatic rings. The zero-order chi connectivity index (χ0) is 22.3. The Morgan fingerprint density at radius 3 is 2.07 bits per heavy atom. The molecule has 0 aromatic heterocycles. The average Bonchev–Trinajstić information content (AvgIpc) is 2.77. The second-order valence-corrected chi connectivity index (χ2v) is 13.8. The van der Waals surface area contributed by atoms with Crippen molar-refractivity contribution < 1.29 is 14.0 Å². The molecule has 1 fully saturated rings. The Bertz CT molecular complexity index is 595. The molecule has 1 saturated heterocycles. The summed E-state index contributed by atoms with van der Waals surface area (Å²) in [4.78, 5) is 0. The molecule has 0 radical (unpaired) electrons. The maximum absolute atomic E-state index is 11.6. The summed E-state index contributed by atoms with van der Waals surface area (Å²) in [6, 6.07) is 7.18. The normalized spacial score (nSPS) is 26.0. The monoisotopic (exact) mass is 410 g/mol. The Balaban J connectivity index is 0.00000171. The van der Waals surface area contributed by atoms with Crippen LogP contribution in [0.3, 0.4) is 0 Å². The Kier molecular flexibility index (Phi) is 10.6. The molecule has 0 bridgehead atoms. The predicted molar refractivity (Wildman–Crippen MR) is 126 cm³/mol. The highest BCUT2D eigenvalue weighted by atomic mass is 28.4. The van der Waals surface area contributed by atoms with Crippen molar-refractivity contribution in [2.75, 3.05) is 20.7 Å². The van der Waals surface area contributed by atoms with Gasteiger partial charge in [0.1, 0.15) is 11.6 Å². The van der Waals surface area contributed by atoms with Gasteiger partial charge in [-0.3, -0.25) is 0 Å². The first-order valence-corrected chi connectivity index (χ1v) is 14.5. The van der Waals surface area contributed by atoms with Crippen LogP contribution in [-0.2, 0) is 4.43 Å². The van der Waals surface area contributed by atoms with Crippen LogP contribution in [0.2, 0.25) is 19.6 Å². The summed E-state index contributed by atoms with van der Waals surface area (Å²) >= 11 is 0. The quantitative estimate of drug-likeness (QED) is 0.460. The van der Waals surface area contributed by atoms with Crippen LogP contribution in [0, 0.1) is 13.8 Å². The molecule has 0 spiro atoms. The van der Waals surface area contributed by atoms with Gasteiger partial charge in [0, 0.05) is 25.0 Å². The molecule has 28 heavy (non-hydrogen) atoms. The number of quaternary nitrogens is 1. The third kappa shape index (κ3) is 6.69. The van der Waals surface area contributed by atoms with E-state index in [-0.39, 0.29) is 6.04 Å². The fourth-order valence-electron chi connectivity index (χ4n) is 4.13. The van der Waals surface area contributed by atoms with E-state index < -0.39 is 13.9 Å². The molecule has 1 aromatic rings. The Hall–Kier alpha value is -0.683. The zero-order valence-electron chi connectivity index (χ0n) is 20.8. The maximum Gasteiger partial charge on any atom is 0.183 e. The van der Waals surface area contributed by atoms with Gasteiger partial charge in [-0.25, -0.2) is 0 Å². The van der Waals surface area contributed by atoms with Gasteiger partial charge in [-0.2, -0.15) is 0 Å². The number of aryl methyl sites for hydroxylation is 2.